The van der Waals surface area contributed by atoms with E-state index < -0.39 is 5.82 Å². The number of halogens is 1. The van der Waals surface area contributed by atoms with Crippen LogP contribution in [-0.2, 0) is 4.79 Å². The Morgan fingerprint density at radius 2 is 1.94 bits per heavy atom. The van der Waals surface area contributed by atoms with Crippen molar-refractivity contribution in [2.75, 3.05) is 11.1 Å². The van der Waals surface area contributed by atoms with Gasteiger partial charge in [0.1, 0.15) is 11.3 Å². The maximum atomic E-state index is 13.7. The molecule has 2 aromatic carbocycles. The number of carbonyl (C=O) groups is 1. The smallest absolute Gasteiger partial charge is 0.234 e. The Morgan fingerprint density at radius 1 is 1.09 bits per heavy atom. The Morgan fingerprint density at radius 3 is 2.78 bits per heavy atom. The lowest BCUT2D eigenvalue weighted by atomic mass is 10.0. The number of anilines is 1. The molecule has 3 aromatic heterocycles. The summed E-state index contributed by atoms with van der Waals surface area (Å²) < 4.78 is 17.3. The van der Waals surface area contributed by atoms with E-state index in [-0.39, 0.29) is 17.3 Å². The predicted octanol–water partition coefficient (Wildman–Crippen LogP) is 4.53. The van der Waals surface area contributed by atoms with Crippen LogP contribution >= 0.6 is 11.8 Å². The third kappa shape index (κ3) is 3.71. The molecule has 3 heterocycles. The summed E-state index contributed by atoms with van der Waals surface area (Å²) in [5.74, 6) is -0.714. The van der Waals surface area contributed by atoms with E-state index in [1.807, 2.05) is 22.9 Å². The Kier molecular flexibility index (Phi) is 5.10. The first-order valence-electron chi connectivity index (χ1n) is 9.97. The van der Waals surface area contributed by atoms with Gasteiger partial charge in [0.25, 0.3) is 0 Å². The zero-order valence-electron chi connectivity index (χ0n) is 17.4. The fourth-order valence-electron chi connectivity index (χ4n) is 3.51. The first-order chi connectivity index (χ1) is 15.5. The fourth-order valence-corrected chi connectivity index (χ4v) is 4.23. The fraction of sp³-hybridized carbons (Fsp3) is 0.130. The van der Waals surface area contributed by atoms with Gasteiger partial charge in [-0.25, -0.2) is 8.91 Å². The molecule has 5 rings (SSSR count). The zero-order chi connectivity index (χ0) is 22.2. The molecule has 0 unspecified atom stereocenters. The highest BCUT2D eigenvalue weighted by Gasteiger charge is 2.15. The van der Waals surface area contributed by atoms with Crippen molar-refractivity contribution in [1.29, 1.82) is 0 Å². The summed E-state index contributed by atoms with van der Waals surface area (Å²) in [5, 5.41) is 16.4. The zero-order valence-corrected chi connectivity index (χ0v) is 18.2. The summed E-state index contributed by atoms with van der Waals surface area (Å²) in [6.07, 6.45) is 3.66. The quantitative estimate of drug-likeness (QED) is 0.402. The minimum atomic E-state index is -0.471. The van der Waals surface area contributed by atoms with Crippen LogP contribution in [0, 0.1) is 19.7 Å². The molecule has 0 aliphatic heterocycles. The Bertz CT molecular complexity index is 1470. The average molecular weight is 447 g/mol. The number of hydrogen-bond acceptors (Lipinski definition) is 5. The van der Waals surface area contributed by atoms with Crippen molar-refractivity contribution in [3.63, 3.8) is 0 Å². The lowest BCUT2D eigenvalue weighted by Crippen LogP contribution is -2.15. The van der Waals surface area contributed by atoms with Crippen molar-refractivity contribution >= 4 is 34.5 Å². The number of nitrogens with zero attached hydrogens (tertiary/aromatic N) is 5. The molecule has 160 valence electrons. The van der Waals surface area contributed by atoms with Gasteiger partial charge in [-0.05, 0) is 43.7 Å². The van der Waals surface area contributed by atoms with E-state index in [0.29, 0.717) is 10.8 Å². The van der Waals surface area contributed by atoms with Gasteiger partial charge in [-0.1, -0.05) is 41.6 Å². The Labute approximate surface area is 187 Å². The Balaban J connectivity index is 1.40. The van der Waals surface area contributed by atoms with Crippen LogP contribution in [0.15, 0.2) is 66.1 Å². The third-order valence-electron chi connectivity index (χ3n) is 5.14. The summed E-state index contributed by atoms with van der Waals surface area (Å²) >= 11 is 1.23. The van der Waals surface area contributed by atoms with Crippen LogP contribution < -0.4 is 5.32 Å². The summed E-state index contributed by atoms with van der Waals surface area (Å²) in [4.78, 5) is 12.3. The van der Waals surface area contributed by atoms with E-state index in [9.17, 15) is 9.18 Å². The topological polar surface area (TPSA) is 76.6 Å². The molecule has 0 radical (unpaired) electrons. The van der Waals surface area contributed by atoms with Crippen LogP contribution in [0.5, 0.6) is 0 Å². The van der Waals surface area contributed by atoms with Crippen molar-refractivity contribution in [1.82, 2.24) is 24.2 Å². The number of aryl methyl sites for hydroxylation is 2. The minimum Gasteiger partial charge on any atom is -0.323 e. The molecule has 32 heavy (non-hydrogen) atoms. The van der Waals surface area contributed by atoms with Gasteiger partial charge in [-0.3, -0.25) is 9.20 Å². The summed E-state index contributed by atoms with van der Waals surface area (Å²) in [7, 11) is 0. The van der Waals surface area contributed by atoms with Gasteiger partial charge in [0.05, 0.1) is 17.1 Å². The summed E-state index contributed by atoms with van der Waals surface area (Å²) in [6.45, 7) is 4.12. The Hall–Kier alpha value is -3.72. The van der Waals surface area contributed by atoms with Crippen molar-refractivity contribution in [3.05, 3.63) is 77.9 Å². The molecule has 7 nitrogen and oxygen atoms in total. The van der Waals surface area contributed by atoms with Crippen LogP contribution in [0.25, 0.3) is 22.4 Å². The van der Waals surface area contributed by atoms with Crippen LogP contribution in [0.2, 0.25) is 0 Å². The number of aromatic nitrogens is 5. The molecule has 1 amide bonds. The first kappa shape index (κ1) is 20.2. The molecule has 0 fully saturated rings. The SMILES string of the molecule is Cc1ccc(C)c(-c2cc3c4nnc(SCC(=O)Nc5ccccc5F)n4ccn3n2)c1. The maximum absolute atomic E-state index is 13.7. The molecule has 9 heteroatoms. The maximum Gasteiger partial charge on any atom is 0.234 e. The van der Waals surface area contributed by atoms with Crippen LogP contribution in [0.3, 0.4) is 0 Å². The largest absolute Gasteiger partial charge is 0.323 e. The molecular formula is C23H19FN6OS. The lowest BCUT2D eigenvalue weighted by Gasteiger charge is -2.05. The number of hydrogen-bond donors (Lipinski definition) is 1. The van der Waals surface area contributed by atoms with Crippen LogP contribution in [-0.4, -0.2) is 35.9 Å². The number of thioether (sulfide) groups is 1. The normalized spacial score (nSPS) is 11.3. The molecule has 0 aliphatic rings. The van der Waals surface area contributed by atoms with Crippen molar-refractivity contribution in [3.8, 4) is 11.3 Å². The highest BCUT2D eigenvalue weighted by atomic mass is 32.2. The van der Waals surface area contributed by atoms with Crippen LogP contribution in [0.4, 0.5) is 10.1 Å². The van der Waals surface area contributed by atoms with Gasteiger partial charge >= 0.3 is 0 Å². The standard InChI is InChI=1S/C23H19FN6OS/c1-14-7-8-15(2)16(11-14)19-12-20-22-26-27-23(29(22)9-10-30(20)28-19)32-13-21(31)25-18-6-4-3-5-17(18)24/h3-12H,13H2,1-2H3,(H,25,31). The number of amides is 1. The second-order valence-electron chi connectivity index (χ2n) is 7.47. The van der Waals surface area contributed by atoms with E-state index in [4.69, 9.17) is 5.10 Å². The van der Waals surface area contributed by atoms with Gasteiger partial charge in [0.15, 0.2) is 10.8 Å². The van der Waals surface area contributed by atoms with Gasteiger partial charge in [-0.15, -0.1) is 10.2 Å². The second-order valence-corrected chi connectivity index (χ2v) is 8.41. The molecule has 0 aliphatic carbocycles. The van der Waals surface area contributed by atoms with Gasteiger partial charge in [-0.2, -0.15) is 5.10 Å². The van der Waals surface area contributed by atoms with Crippen molar-refractivity contribution in [2.45, 2.75) is 19.0 Å². The molecule has 0 saturated heterocycles. The van der Waals surface area contributed by atoms with Crippen molar-refractivity contribution in [2.24, 2.45) is 0 Å². The van der Waals surface area contributed by atoms with Gasteiger partial charge in [0.2, 0.25) is 5.91 Å². The van der Waals surface area contributed by atoms with E-state index in [1.165, 1.54) is 29.5 Å². The number of para-hydroxylation sites is 1. The number of nitrogens with one attached hydrogen (secondary N) is 1. The van der Waals surface area contributed by atoms with E-state index in [1.54, 1.807) is 16.6 Å². The highest BCUT2D eigenvalue weighted by Crippen LogP contribution is 2.27. The van der Waals surface area contributed by atoms with Gasteiger partial charge in [0, 0.05) is 18.0 Å². The molecule has 1 N–H and O–H groups in total. The van der Waals surface area contributed by atoms with E-state index in [0.717, 1.165) is 22.3 Å². The summed E-state index contributed by atoms with van der Waals surface area (Å²) in [5.41, 5.74) is 5.87. The van der Waals surface area contributed by atoms with E-state index >= 15 is 0 Å². The number of rotatable bonds is 5. The highest BCUT2D eigenvalue weighted by molar-refractivity contribution is 7.99. The third-order valence-corrected chi connectivity index (χ3v) is 6.08. The number of benzene rings is 2. The monoisotopic (exact) mass is 446 g/mol. The average Bonchev–Trinajstić information content (AvgIpc) is 3.39. The molecule has 5 aromatic rings. The molecule has 0 saturated carbocycles. The number of fused-ring (bicyclic) bond motifs is 3. The minimum absolute atomic E-state index is 0.0767. The van der Waals surface area contributed by atoms with Crippen molar-refractivity contribution < 1.29 is 9.18 Å². The summed E-state index contributed by atoms with van der Waals surface area (Å²) in [6, 6.07) is 14.3. The molecular weight excluding hydrogens is 427 g/mol. The molecule has 0 bridgehead atoms. The van der Waals surface area contributed by atoms with E-state index in [2.05, 4.69) is 47.6 Å². The first-order valence-corrected chi connectivity index (χ1v) is 11.0. The number of carbonyl (C=O) groups excluding carboxylic acids is 1. The van der Waals surface area contributed by atoms with Gasteiger partial charge < -0.3 is 5.32 Å². The predicted molar refractivity (Wildman–Crippen MR) is 122 cm³/mol. The molecule has 0 atom stereocenters. The molecule has 0 spiro atoms. The lowest BCUT2D eigenvalue weighted by molar-refractivity contribution is -0.113. The second kappa shape index (κ2) is 8.08. The van der Waals surface area contributed by atoms with Crippen LogP contribution in [0.1, 0.15) is 11.1 Å².